The number of hydrogen-bond donors (Lipinski definition) is 2. The van der Waals surface area contributed by atoms with Crippen molar-refractivity contribution in [1.82, 2.24) is 34.0 Å². The molecule has 0 saturated heterocycles. The lowest BCUT2D eigenvalue weighted by Gasteiger charge is -2.09. The fourth-order valence-electron chi connectivity index (χ4n) is 3.67. The highest BCUT2D eigenvalue weighted by Crippen LogP contribution is 2.23. The lowest BCUT2D eigenvalue weighted by atomic mass is 10.0. The summed E-state index contributed by atoms with van der Waals surface area (Å²) in [6.07, 6.45) is 1.73. The fourth-order valence-corrected chi connectivity index (χ4v) is 4.53. The maximum absolute atomic E-state index is 12.4. The molecule has 0 aliphatic rings. The minimum Gasteiger partial charge on any atom is -0.486 e. The summed E-state index contributed by atoms with van der Waals surface area (Å²) >= 11 is 1.34. The van der Waals surface area contributed by atoms with Gasteiger partial charge in [0.25, 0.3) is 5.56 Å². The van der Waals surface area contributed by atoms with Crippen LogP contribution in [0, 0.1) is 0 Å². The normalized spacial score (nSPS) is 11.6. The fraction of sp³-hybridized carbons (Fsp3) is 0.435. The summed E-state index contributed by atoms with van der Waals surface area (Å²) in [7, 11) is 1.76. The third-order valence-corrected chi connectivity index (χ3v) is 6.76. The third kappa shape index (κ3) is 5.11. The van der Waals surface area contributed by atoms with Crippen LogP contribution in [0.3, 0.4) is 0 Å². The molecular weight excluding hydrogens is 468 g/mol. The topological polar surface area (TPSA) is 139 Å². The van der Waals surface area contributed by atoms with Crippen molar-refractivity contribution in [2.24, 2.45) is 7.05 Å². The molecule has 3 heterocycles. The molecule has 35 heavy (non-hydrogen) atoms. The number of benzene rings is 1. The second-order valence-electron chi connectivity index (χ2n) is 8.59. The molecule has 1 aromatic carbocycles. The molecule has 0 aliphatic heterocycles. The molecule has 0 spiro atoms. The molecule has 11 nitrogen and oxygen atoms in total. The molecule has 186 valence electrons. The van der Waals surface area contributed by atoms with Crippen LogP contribution in [0.4, 0.5) is 0 Å². The van der Waals surface area contributed by atoms with Gasteiger partial charge in [-0.1, -0.05) is 51.1 Å². The highest BCUT2D eigenvalue weighted by Gasteiger charge is 2.18. The number of imidazole rings is 1. The van der Waals surface area contributed by atoms with E-state index in [1.807, 2.05) is 31.2 Å². The molecule has 4 rings (SSSR count). The monoisotopic (exact) mass is 498 g/mol. The maximum Gasteiger partial charge on any atom is 0.330 e. The Bertz CT molecular complexity index is 1430. The number of nitrogen functional groups attached to an aromatic ring is 1. The Morgan fingerprint density at radius 1 is 1.14 bits per heavy atom. The Morgan fingerprint density at radius 2 is 1.89 bits per heavy atom. The second-order valence-corrected chi connectivity index (χ2v) is 9.54. The average Bonchev–Trinajstić information content (AvgIpc) is 3.35. The van der Waals surface area contributed by atoms with Gasteiger partial charge in [0.15, 0.2) is 17.0 Å². The number of rotatable bonds is 10. The van der Waals surface area contributed by atoms with Crippen LogP contribution in [0.25, 0.3) is 11.2 Å². The van der Waals surface area contributed by atoms with Crippen molar-refractivity contribution in [1.29, 1.82) is 0 Å². The zero-order valence-electron chi connectivity index (χ0n) is 20.3. The van der Waals surface area contributed by atoms with Crippen LogP contribution in [-0.4, -0.2) is 34.0 Å². The SMILES string of the molecule is CCCCn1c(=O)[nH]c(=O)c2c1nc(CSc1nnc(COc3ccc(C(C)C)cc3)n1N)n2C. The number of unbranched alkanes of at least 4 members (excludes halogenated alkanes) is 1. The van der Waals surface area contributed by atoms with Crippen molar-refractivity contribution in [2.75, 3.05) is 5.84 Å². The number of aromatic amines is 1. The first-order valence-electron chi connectivity index (χ1n) is 11.5. The van der Waals surface area contributed by atoms with Gasteiger partial charge in [0.1, 0.15) is 18.2 Å². The number of nitrogens with one attached hydrogen (secondary N) is 1. The number of H-pyrrole nitrogens is 1. The lowest BCUT2D eigenvalue weighted by molar-refractivity contribution is 0.291. The minimum absolute atomic E-state index is 0.177. The predicted octanol–water partition coefficient (Wildman–Crippen LogP) is 2.52. The number of hydrogen-bond acceptors (Lipinski definition) is 8. The van der Waals surface area contributed by atoms with Crippen molar-refractivity contribution in [3.8, 4) is 5.75 Å². The summed E-state index contributed by atoms with van der Waals surface area (Å²) in [5.74, 6) is 8.87. The Morgan fingerprint density at radius 3 is 2.57 bits per heavy atom. The lowest BCUT2D eigenvalue weighted by Crippen LogP contribution is -2.31. The van der Waals surface area contributed by atoms with Crippen LogP contribution in [-0.2, 0) is 26.0 Å². The van der Waals surface area contributed by atoms with Crippen LogP contribution < -0.4 is 21.8 Å². The van der Waals surface area contributed by atoms with Gasteiger partial charge in [0.05, 0.1) is 5.75 Å². The molecule has 3 N–H and O–H groups in total. The zero-order chi connectivity index (χ0) is 25.1. The van der Waals surface area contributed by atoms with Gasteiger partial charge in [0, 0.05) is 13.6 Å². The highest BCUT2D eigenvalue weighted by molar-refractivity contribution is 7.98. The number of aryl methyl sites for hydroxylation is 2. The summed E-state index contributed by atoms with van der Waals surface area (Å²) in [5.41, 5.74) is 1.09. The van der Waals surface area contributed by atoms with Crippen LogP contribution in [0.2, 0.25) is 0 Å². The molecule has 0 aliphatic carbocycles. The molecule has 0 atom stereocenters. The van der Waals surface area contributed by atoms with E-state index in [1.165, 1.54) is 26.6 Å². The minimum atomic E-state index is -0.452. The Labute approximate surface area is 206 Å². The largest absolute Gasteiger partial charge is 0.486 e. The molecule has 3 aromatic heterocycles. The highest BCUT2D eigenvalue weighted by atomic mass is 32.2. The molecule has 12 heteroatoms. The van der Waals surface area contributed by atoms with Crippen molar-refractivity contribution in [3.63, 3.8) is 0 Å². The molecule has 0 amide bonds. The maximum atomic E-state index is 12.4. The summed E-state index contributed by atoms with van der Waals surface area (Å²) < 4.78 is 10.4. The number of nitrogens with two attached hydrogens (primary N) is 1. The Hall–Kier alpha value is -3.54. The summed E-state index contributed by atoms with van der Waals surface area (Å²) in [4.78, 5) is 31.7. The van der Waals surface area contributed by atoms with E-state index in [-0.39, 0.29) is 6.61 Å². The van der Waals surface area contributed by atoms with E-state index >= 15 is 0 Å². The van der Waals surface area contributed by atoms with Gasteiger partial charge >= 0.3 is 5.69 Å². The smallest absolute Gasteiger partial charge is 0.330 e. The van der Waals surface area contributed by atoms with E-state index in [9.17, 15) is 9.59 Å². The van der Waals surface area contributed by atoms with Crippen LogP contribution in [0.1, 0.15) is 56.7 Å². The average molecular weight is 499 g/mol. The first-order chi connectivity index (χ1) is 16.8. The molecule has 0 radical (unpaired) electrons. The van der Waals surface area contributed by atoms with Crippen molar-refractivity contribution in [3.05, 3.63) is 62.3 Å². The molecule has 0 bridgehead atoms. The van der Waals surface area contributed by atoms with E-state index in [2.05, 4.69) is 34.0 Å². The van der Waals surface area contributed by atoms with Crippen LogP contribution in [0.5, 0.6) is 5.75 Å². The summed E-state index contributed by atoms with van der Waals surface area (Å²) in [6, 6.07) is 7.93. The van der Waals surface area contributed by atoms with Gasteiger partial charge in [-0.3, -0.25) is 14.3 Å². The van der Waals surface area contributed by atoms with E-state index in [4.69, 9.17) is 10.6 Å². The predicted molar refractivity (Wildman–Crippen MR) is 135 cm³/mol. The molecule has 0 unspecified atom stereocenters. The molecular formula is C23H30N8O3S. The van der Waals surface area contributed by atoms with Gasteiger partial charge < -0.3 is 15.1 Å². The van der Waals surface area contributed by atoms with Crippen LogP contribution in [0.15, 0.2) is 39.0 Å². The Kier molecular flexibility index (Phi) is 7.29. The molecule has 0 fully saturated rings. The first-order valence-corrected chi connectivity index (χ1v) is 12.5. The van der Waals surface area contributed by atoms with Crippen molar-refractivity contribution >= 4 is 22.9 Å². The van der Waals surface area contributed by atoms with Crippen molar-refractivity contribution in [2.45, 2.75) is 63.6 Å². The van der Waals surface area contributed by atoms with E-state index in [0.717, 1.165) is 18.6 Å². The summed E-state index contributed by atoms with van der Waals surface area (Å²) in [6.45, 7) is 6.99. The van der Waals surface area contributed by atoms with Crippen molar-refractivity contribution < 1.29 is 4.74 Å². The van der Waals surface area contributed by atoms with Gasteiger partial charge in [0.2, 0.25) is 5.16 Å². The number of fused-ring (bicyclic) bond motifs is 1. The molecule has 0 saturated carbocycles. The van der Waals surface area contributed by atoms with Crippen LogP contribution >= 0.6 is 11.8 Å². The number of ether oxygens (including phenoxy) is 1. The number of thioether (sulfide) groups is 1. The standard InChI is InChI=1S/C23H30N8O3S/c1-5-6-11-30-20-19(21(32)26-22(30)33)29(4)18(25-20)13-35-23-28-27-17(31(23)24)12-34-16-9-7-15(8-10-16)14(2)3/h7-10,14H,5-6,11-13,24H2,1-4H3,(H,26,32,33). The van der Waals surface area contributed by atoms with Gasteiger partial charge in [-0.25, -0.2) is 14.5 Å². The third-order valence-electron chi connectivity index (χ3n) is 5.82. The second kappa shape index (κ2) is 10.4. The van der Waals surface area contributed by atoms with Gasteiger partial charge in [-0.15, -0.1) is 10.2 Å². The van der Waals surface area contributed by atoms with E-state index in [1.54, 1.807) is 11.6 Å². The van der Waals surface area contributed by atoms with Gasteiger partial charge in [-0.2, -0.15) is 0 Å². The van der Waals surface area contributed by atoms with Gasteiger partial charge in [-0.05, 0) is 30.0 Å². The first kappa shape index (κ1) is 24.6. The zero-order valence-corrected chi connectivity index (χ0v) is 21.1. The van der Waals surface area contributed by atoms with E-state index < -0.39 is 11.2 Å². The van der Waals surface area contributed by atoms with E-state index in [0.29, 0.717) is 46.2 Å². The number of aromatic nitrogens is 7. The molecule has 4 aromatic rings. The number of nitrogens with zero attached hydrogens (tertiary/aromatic N) is 6. The summed E-state index contributed by atoms with van der Waals surface area (Å²) in [5, 5.41) is 8.80. The Balaban J connectivity index is 1.48. The quantitative estimate of drug-likeness (QED) is 0.251.